The lowest BCUT2D eigenvalue weighted by molar-refractivity contribution is -0.157. The van der Waals surface area contributed by atoms with E-state index in [9.17, 15) is 18.0 Å². The molecule has 0 saturated carbocycles. The van der Waals surface area contributed by atoms with Crippen molar-refractivity contribution in [2.45, 2.75) is 18.6 Å². The summed E-state index contributed by atoms with van der Waals surface area (Å²) in [7, 11) is 0. The zero-order valence-corrected chi connectivity index (χ0v) is 15.3. The summed E-state index contributed by atoms with van der Waals surface area (Å²) in [6.45, 7) is -1.23. The highest BCUT2D eigenvalue weighted by atomic mass is 35.5. The Balaban J connectivity index is 1.45. The van der Waals surface area contributed by atoms with Crippen LogP contribution in [0.2, 0.25) is 5.02 Å². The van der Waals surface area contributed by atoms with Gasteiger partial charge in [0.15, 0.2) is 0 Å². The fourth-order valence-electron chi connectivity index (χ4n) is 2.93. The summed E-state index contributed by atoms with van der Waals surface area (Å²) in [5.74, 6) is -0.517. The minimum absolute atomic E-state index is 0.00371. The number of carbonyl (C=O) groups excluding carboxylic acids is 1. The number of fused-ring (bicyclic) bond motifs is 1. The van der Waals surface area contributed by atoms with Crippen molar-refractivity contribution in [2.24, 2.45) is 0 Å². The van der Waals surface area contributed by atoms with Crippen LogP contribution in [0.15, 0.2) is 30.5 Å². The standard InChI is InChI=1S/C16H13ClF3N5OS/c17-10-3-1-9(2-4-10)12-7-25-15(22-12)27-14(23-25)21-11-5-13(26)24(6-11)8-16(18,19)20/h1-4,7,11H,5-6,8H2,(H,21,23). The Morgan fingerprint density at radius 2 is 2.04 bits per heavy atom. The molecular weight excluding hydrogens is 403 g/mol. The van der Waals surface area contributed by atoms with Crippen LogP contribution in [-0.2, 0) is 4.79 Å². The molecule has 11 heteroatoms. The number of hydrogen-bond donors (Lipinski definition) is 1. The number of hydrogen-bond acceptors (Lipinski definition) is 5. The highest BCUT2D eigenvalue weighted by Crippen LogP contribution is 2.27. The molecule has 0 aliphatic carbocycles. The molecule has 3 aromatic rings. The zero-order chi connectivity index (χ0) is 19.2. The van der Waals surface area contributed by atoms with Gasteiger partial charge in [0.25, 0.3) is 0 Å². The van der Waals surface area contributed by atoms with E-state index in [1.54, 1.807) is 22.8 Å². The van der Waals surface area contributed by atoms with Crippen LogP contribution in [0, 0.1) is 0 Å². The van der Waals surface area contributed by atoms with Crippen LogP contribution >= 0.6 is 22.9 Å². The molecule has 1 amide bonds. The van der Waals surface area contributed by atoms with Crippen LogP contribution in [-0.4, -0.2) is 50.7 Å². The first kappa shape index (κ1) is 18.1. The molecule has 3 heterocycles. The number of nitrogens with one attached hydrogen (secondary N) is 1. The maximum absolute atomic E-state index is 12.5. The van der Waals surface area contributed by atoms with Gasteiger partial charge in [-0.2, -0.15) is 13.2 Å². The smallest absolute Gasteiger partial charge is 0.355 e. The molecule has 4 rings (SSSR count). The first-order valence-corrected chi connectivity index (χ1v) is 9.19. The largest absolute Gasteiger partial charge is 0.406 e. The van der Waals surface area contributed by atoms with Gasteiger partial charge < -0.3 is 10.2 Å². The molecule has 1 aliphatic heterocycles. The second kappa shape index (κ2) is 6.68. The normalized spacial score (nSPS) is 17.9. The number of anilines is 1. The van der Waals surface area contributed by atoms with E-state index >= 15 is 0 Å². The second-order valence-corrected chi connectivity index (χ2v) is 7.59. The Labute approximate surface area is 160 Å². The third-order valence-corrected chi connectivity index (χ3v) is 5.20. The van der Waals surface area contributed by atoms with Crippen LogP contribution in [0.25, 0.3) is 16.2 Å². The second-order valence-electron chi connectivity index (χ2n) is 6.20. The van der Waals surface area contributed by atoms with Crippen LogP contribution in [0.3, 0.4) is 0 Å². The summed E-state index contributed by atoms with van der Waals surface area (Å²) >= 11 is 7.15. The number of aromatic nitrogens is 3. The van der Waals surface area contributed by atoms with E-state index in [-0.39, 0.29) is 13.0 Å². The van der Waals surface area contributed by atoms with Crippen molar-refractivity contribution in [3.8, 4) is 11.3 Å². The molecule has 0 spiro atoms. The van der Waals surface area contributed by atoms with Gasteiger partial charge in [0, 0.05) is 23.6 Å². The number of benzene rings is 1. The third-order valence-electron chi connectivity index (χ3n) is 4.10. The van der Waals surface area contributed by atoms with Crippen LogP contribution in [0.5, 0.6) is 0 Å². The van der Waals surface area contributed by atoms with E-state index < -0.39 is 24.7 Å². The maximum atomic E-state index is 12.5. The highest BCUT2D eigenvalue weighted by Gasteiger charge is 2.38. The maximum Gasteiger partial charge on any atom is 0.406 e. The predicted octanol–water partition coefficient (Wildman–Crippen LogP) is 3.69. The summed E-state index contributed by atoms with van der Waals surface area (Å²) in [5.41, 5.74) is 1.64. The van der Waals surface area contributed by atoms with Crippen molar-refractivity contribution < 1.29 is 18.0 Å². The van der Waals surface area contributed by atoms with Gasteiger partial charge in [0.1, 0.15) is 6.54 Å². The van der Waals surface area contributed by atoms with Gasteiger partial charge in [-0.05, 0) is 12.1 Å². The van der Waals surface area contributed by atoms with Gasteiger partial charge in [0.2, 0.25) is 16.0 Å². The van der Waals surface area contributed by atoms with Crippen molar-refractivity contribution in [3.05, 3.63) is 35.5 Å². The fourth-order valence-corrected chi connectivity index (χ4v) is 3.92. The average Bonchev–Trinajstić information content (AvgIpc) is 3.21. The van der Waals surface area contributed by atoms with E-state index in [1.165, 1.54) is 11.3 Å². The molecule has 6 nitrogen and oxygen atoms in total. The first-order valence-electron chi connectivity index (χ1n) is 8.00. The molecule has 0 bridgehead atoms. The predicted molar refractivity (Wildman–Crippen MR) is 96.0 cm³/mol. The van der Waals surface area contributed by atoms with Crippen LogP contribution in [0.1, 0.15) is 6.42 Å². The van der Waals surface area contributed by atoms with Crippen molar-refractivity contribution in [2.75, 3.05) is 18.4 Å². The van der Waals surface area contributed by atoms with E-state index in [2.05, 4.69) is 15.4 Å². The van der Waals surface area contributed by atoms with Crippen molar-refractivity contribution in [1.29, 1.82) is 0 Å². The average molecular weight is 416 g/mol. The highest BCUT2D eigenvalue weighted by molar-refractivity contribution is 7.20. The number of alkyl halides is 3. The number of nitrogens with zero attached hydrogens (tertiary/aromatic N) is 4. The molecule has 0 radical (unpaired) electrons. The summed E-state index contributed by atoms with van der Waals surface area (Å²) in [5, 5.41) is 8.52. The van der Waals surface area contributed by atoms with Gasteiger partial charge in [-0.1, -0.05) is 35.1 Å². The molecule has 1 aliphatic rings. The summed E-state index contributed by atoms with van der Waals surface area (Å²) in [4.78, 5) is 17.7. The number of carbonyl (C=O) groups is 1. The number of halogens is 4. The van der Waals surface area contributed by atoms with Crippen molar-refractivity contribution >= 4 is 38.9 Å². The molecule has 1 aromatic carbocycles. The molecule has 1 N–H and O–H groups in total. The van der Waals surface area contributed by atoms with E-state index in [0.29, 0.717) is 15.1 Å². The van der Waals surface area contributed by atoms with Crippen LogP contribution in [0.4, 0.5) is 18.3 Å². The van der Waals surface area contributed by atoms with E-state index in [4.69, 9.17) is 11.6 Å². The Morgan fingerprint density at radius 3 is 2.70 bits per heavy atom. The van der Waals surface area contributed by atoms with Gasteiger partial charge >= 0.3 is 6.18 Å². The fraction of sp³-hybridized carbons (Fsp3) is 0.312. The number of rotatable bonds is 4. The number of imidazole rings is 1. The molecule has 1 unspecified atom stereocenters. The molecular formula is C16H13ClF3N5OS. The minimum Gasteiger partial charge on any atom is -0.355 e. The van der Waals surface area contributed by atoms with Gasteiger partial charge in [0.05, 0.1) is 17.9 Å². The molecule has 1 fully saturated rings. The first-order chi connectivity index (χ1) is 12.8. The Morgan fingerprint density at radius 1 is 1.30 bits per heavy atom. The number of likely N-dealkylation sites (tertiary alicyclic amines) is 1. The molecule has 142 valence electrons. The van der Waals surface area contributed by atoms with E-state index in [1.807, 2.05) is 12.1 Å². The lowest BCUT2D eigenvalue weighted by Crippen LogP contribution is -2.36. The zero-order valence-electron chi connectivity index (χ0n) is 13.7. The molecule has 1 saturated heterocycles. The quantitative estimate of drug-likeness (QED) is 0.706. The van der Waals surface area contributed by atoms with Crippen molar-refractivity contribution in [3.63, 3.8) is 0 Å². The summed E-state index contributed by atoms with van der Waals surface area (Å²) in [6, 6.07) is 6.84. The Hall–Kier alpha value is -2.33. The van der Waals surface area contributed by atoms with Crippen LogP contribution < -0.4 is 5.32 Å². The van der Waals surface area contributed by atoms with Gasteiger partial charge in [-0.3, -0.25) is 4.79 Å². The monoisotopic (exact) mass is 415 g/mol. The minimum atomic E-state index is -4.40. The van der Waals surface area contributed by atoms with Gasteiger partial charge in [-0.15, -0.1) is 5.10 Å². The van der Waals surface area contributed by atoms with E-state index in [0.717, 1.165) is 16.2 Å². The summed E-state index contributed by atoms with van der Waals surface area (Å²) in [6.07, 6.45) is -2.63. The van der Waals surface area contributed by atoms with Gasteiger partial charge in [-0.25, -0.2) is 9.50 Å². The lowest BCUT2D eigenvalue weighted by atomic mass is 10.2. The van der Waals surface area contributed by atoms with Crippen molar-refractivity contribution in [1.82, 2.24) is 19.5 Å². The Bertz CT molecular complexity index is 953. The lowest BCUT2D eigenvalue weighted by Gasteiger charge is -2.18. The SMILES string of the molecule is O=C1CC(Nc2nn3cc(-c4ccc(Cl)cc4)nc3s2)CN1CC(F)(F)F. The molecule has 27 heavy (non-hydrogen) atoms. The summed E-state index contributed by atoms with van der Waals surface area (Å²) < 4.78 is 39.1. The molecule has 2 aromatic heterocycles. The third kappa shape index (κ3) is 4.01. The molecule has 1 atom stereocenters. The topological polar surface area (TPSA) is 62.5 Å². The Kier molecular flexibility index (Phi) is 4.47. The number of amides is 1.